The molecular formula is C12H19NO2. The molecule has 0 aliphatic rings. The van der Waals surface area contributed by atoms with Crippen LogP contribution >= 0.6 is 0 Å². The summed E-state index contributed by atoms with van der Waals surface area (Å²) in [5, 5.41) is 3.14. The molecule has 0 atom stereocenters. The van der Waals surface area contributed by atoms with Gasteiger partial charge in [0, 0.05) is 6.07 Å². The molecule has 0 spiro atoms. The maximum atomic E-state index is 5.36. The number of benzene rings is 1. The van der Waals surface area contributed by atoms with Crippen molar-refractivity contribution in [3.05, 3.63) is 23.3 Å². The molecule has 0 saturated heterocycles. The zero-order valence-corrected chi connectivity index (χ0v) is 9.89. The van der Waals surface area contributed by atoms with E-state index < -0.39 is 0 Å². The van der Waals surface area contributed by atoms with E-state index in [4.69, 9.17) is 9.47 Å². The molecule has 1 N–H and O–H groups in total. The normalized spacial score (nSPS) is 10.1. The van der Waals surface area contributed by atoms with E-state index in [-0.39, 0.29) is 0 Å². The first-order valence-corrected chi connectivity index (χ1v) is 5.09. The lowest BCUT2D eigenvalue weighted by atomic mass is 10.0. The Bertz CT molecular complexity index is 324. The highest BCUT2D eigenvalue weighted by Gasteiger charge is 2.08. The summed E-state index contributed by atoms with van der Waals surface area (Å²) in [5.41, 5.74) is 2.45. The summed E-state index contributed by atoms with van der Waals surface area (Å²) in [6.07, 6.45) is 0.968. The zero-order valence-electron chi connectivity index (χ0n) is 9.89. The molecule has 0 aliphatic heterocycles. The van der Waals surface area contributed by atoms with Crippen LogP contribution in [0, 0.1) is 6.92 Å². The van der Waals surface area contributed by atoms with E-state index >= 15 is 0 Å². The molecule has 0 saturated carbocycles. The third-order valence-corrected chi connectivity index (χ3v) is 2.49. The standard InChI is InChI=1S/C12H19NO2/c1-9-7-10(14-3)8-12(15-4)11(9)5-6-13-2/h7-8,13H,5-6H2,1-4H3. The van der Waals surface area contributed by atoms with Crippen molar-refractivity contribution in [1.29, 1.82) is 0 Å². The van der Waals surface area contributed by atoms with Crippen LogP contribution in [0.25, 0.3) is 0 Å². The van der Waals surface area contributed by atoms with Gasteiger partial charge >= 0.3 is 0 Å². The second-order valence-electron chi connectivity index (χ2n) is 3.48. The first kappa shape index (κ1) is 11.9. The average Bonchev–Trinajstić information content (AvgIpc) is 2.26. The number of aryl methyl sites for hydroxylation is 1. The molecule has 0 amide bonds. The molecule has 1 aromatic rings. The summed E-state index contributed by atoms with van der Waals surface area (Å²) in [7, 11) is 5.31. The molecule has 3 heteroatoms. The SMILES string of the molecule is CNCCc1c(C)cc(OC)cc1OC. The minimum Gasteiger partial charge on any atom is -0.497 e. The first-order valence-electron chi connectivity index (χ1n) is 5.09. The van der Waals surface area contributed by atoms with Gasteiger partial charge < -0.3 is 14.8 Å². The number of methoxy groups -OCH3 is 2. The third-order valence-electron chi connectivity index (χ3n) is 2.49. The van der Waals surface area contributed by atoms with Crippen molar-refractivity contribution in [2.45, 2.75) is 13.3 Å². The van der Waals surface area contributed by atoms with E-state index in [1.807, 2.05) is 19.2 Å². The van der Waals surface area contributed by atoms with Crippen LogP contribution in [-0.2, 0) is 6.42 Å². The van der Waals surface area contributed by atoms with Crippen LogP contribution in [-0.4, -0.2) is 27.8 Å². The lowest BCUT2D eigenvalue weighted by Gasteiger charge is -2.13. The monoisotopic (exact) mass is 209 g/mol. The summed E-state index contributed by atoms with van der Waals surface area (Å²) in [5.74, 6) is 1.75. The van der Waals surface area contributed by atoms with E-state index in [2.05, 4.69) is 12.2 Å². The predicted octanol–water partition coefficient (Wildman–Crippen LogP) is 1.77. The Hall–Kier alpha value is -1.22. The van der Waals surface area contributed by atoms with Gasteiger partial charge in [-0.3, -0.25) is 0 Å². The van der Waals surface area contributed by atoms with Crippen LogP contribution in [0.15, 0.2) is 12.1 Å². The van der Waals surface area contributed by atoms with Crippen LogP contribution in [0.5, 0.6) is 11.5 Å². The summed E-state index contributed by atoms with van der Waals surface area (Å²) in [6.45, 7) is 3.03. The fourth-order valence-electron chi connectivity index (χ4n) is 1.62. The predicted molar refractivity (Wildman–Crippen MR) is 61.9 cm³/mol. The van der Waals surface area contributed by atoms with Gasteiger partial charge in [0.05, 0.1) is 14.2 Å². The number of ether oxygens (including phenoxy) is 2. The Kier molecular flexibility index (Phi) is 4.43. The highest BCUT2D eigenvalue weighted by molar-refractivity contribution is 5.46. The highest BCUT2D eigenvalue weighted by atomic mass is 16.5. The van der Waals surface area contributed by atoms with Gasteiger partial charge in [-0.05, 0) is 44.1 Å². The topological polar surface area (TPSA) is 30.5 Å². The molecule has 3 nitrogen and oxygen atoms in total. The molecule has 0 heterocycles. The van der Waals surface area contributed by atoms with E-state index in [0.717, 1.165) is 24.5 Å². The fourth-order valence-corrected chi connectivity index (χ4v) is 1.62. The van der Waals surface area contributed by atoms with Crippen LogP contribution in [0.3, 0.4) is 0 Å². The van der Waals surface area contributed by atoms with Gasteiger partial charge in [-0.1, -0.05) is 0 Å². The average molecular weight is 209 g/mol. The molecule has 0 aliphatic carbocycles. The second kappa shape index (κ2) is 5.61. The van der Waals surface area contributed by atoms with Crippen LogP contribution in [0.4, 0.5) is 0 Å². The molecular weight excluding hydrogens is 190 g/mol. The number of likely N-dealkylation sites (N-methyl/N-ethyl adjacent to an activating group) is 1. The van der Waals surface area contributed by atoms with Gasteiger partial charge in [-0.25, -0.2) is 0 Å². The Labute approximate surface area is 91.4 Å². The molecule has 84 valence electrons. The summed E-state index contributed by atoms with van der Waals surface area (Å²) in [6, 6.07) is 3.96. The van der Waals surface area contributed by atoms with Crippen molar-refractivity contribution in [2.75, 3.05) is 27.8 Å². The van der Waals surface area contributed by atoms with Gasteiger partial charge in [-0.2, -0.15) is 0 Å². The molecule has 0 fully saturated rings. The minimum atomic E-state index is 0.845. The van der Waals surface area contributed by atoms with Crippen molar-refractivity contribution in [3.8, 4) is 11.5 Å². The smallest absolute Gasteiger partial charge is 0.126 e. The largest absolute Gasteiger partial charge is 0.497 e. The maximum absolute atomic E-state index is 5.36. The molecule has 0 unspecified atom stereocenters. The van der Waals surface area contributed by atoms with Gasteiger partial charge in [-0.15, -0.1) is 0 Å². The number of hydrogen-bond acceptors (Lipinski definition) is 3. The van der Waals surface area contributed by atoms with Crippen molar-refractivity contribution < 1.29 is 9.47 Å². The van der Waals surface area contributed by atoms with Crippen LogP contribution in [0.1, 0.15) is 11.1 Å². The number of nitrogens with one attached hydrogen (secondary N) is 1. The minimum absolute atomic E-state index is 0.845. The molecule has 0 bridgehead atoms. The second-order valence-corrected chi connectivity index (χ2v) is 3.48. The lowest BCUT2D eigenvalue weighted by Crippen LogP contribution is -2.11. The van der Waals surface area contributed by atoms with Gasteiger partial charge in [0.1, 0.15) is 11.5 Å². The van der Waals surface area contributed by atoms with Gasteiger partial charge in [0.15, 0.2) is 0 Å². The molecule has 0 radical (unpaired) electrons. The summed E-state index contributed by atoms with van der Waals surface area (Å²) in [4.78, 5) is 0. The van der Waals surface area contributed by atoms with Crippen molar-refractivity contribution in [3.63, 3.8) is 0 Å². The fraction of sp³-hybridized carbons (Fsp3) is 0.500. The Morgan fingerprint density at radius 2 is 1.93 bits per heavy atom. The highest BCUT2D eigenvalue weighted by Crippen LogP contribution is 2.28. The van der Waals surface area contributed by atoms with E-state index in [0.29, 0.717) is 0 Å². The van der Waals surface area contributed by atoms with Gasteiger partial charge in [0.25, 0.3) is 0 Å². The number of rotatable bonds is 5. The van der Waals surface area contributed by atoms with Crippen LogP contribution in [0.2, 0.25) is 0 Å². The molecule has 1 aromatic carbocycles. The third kappa shape index (κ3) is 2.86. The summed E-state index contributed by atoms with van der Waals surface area (Å²) >= 11 is 0. The van der Waals surface area contributed by atoms with Crippen molar-refractivity contribution in [1.82, 2.24) is 5.32 Å². The first-order chi connectivity index (χ1) is 7.22. The number of hydrogen-bond donors (Lipinski definition) is 1. The quantitative estimate of drug-likeness (QED) is 0.801. The Balaban J connectivity index is 3.01. The summed E-state index contributed by atoms with van der Waals surface area (Å²) < 4.78 is 10.6. The van der Waals surface area contributed by atoms with E-state index in [1.165, 1.54) is 11.1 Å². The van der Waals surface area contributed by atoms with Crippen molar-refractivity contribution >= 4 is 0 Å². The maximum Gasteiger partial charge on any atom is 0.126 e. The van der Waals surface area contributed by atoms with Crippen LogP contribution < -0.4 is 14.8 Å². The molecule has 15 heavy (non-hydrogen) atoms. The van der Waals surface area contributed by atoms with E-state index in [1.54, 1.807) is 14.2 Å². The molecule has 1 rings (SSSR count). The zero-order chi connectivity index (χ0) is 11.3. The van der Waals surface area contributed by atoms with E-state index in [9.17, 15) is 0 Å². The lowest BCUT2D eigenvalue weighted by molar-refractivity contribution is 0.390. The Morgan fingerprint density at radius 1 is 1.20 bits per heavy atom. The van der Waals surface area contributed by atoms with Crippen molar-refractivity contribution in [2.24, 2.45) is 0 Å². The Morgan fingerprint density at radius 3 is 2.47 bits per heavy atom. The molecule has 0 aromatic heterocycles. The van der Waals surface area contributed by atoms with Gasteiger partial charge in [0.2, 0.25) is 0 Å².